The lowest BCUT2D eigenvalue weighted by Crippen LogP contribution is -2.34. The summed E-state index contributed by atoms with van der Waals surface area (Å²) in [7, 11) is 0. The quantitative estimate of drug-likeness (QED) is 0.322. The van der Waals surface area contributed by atoms with Gasteiger partial charge in [0.1, 0.15) is 0 Å². The van der Waals surface area contributed by atoms with Gasteiger partial charge >= 0.3 is 5.97 Å². The van der Waals surface area contributed by atoms with E-state index in [1.165, 1.54) is 24.3 Å². The Kier molecular flexibility index (Phi) is 7.31. The number of amides is 3. The zero-order valence-corrected chi connectivity index (χ0v) is 21.2. The number of nitrogens with zero attached hydrogens (tertiary/aromatic N) is 1. The van der Waals surface area contributed by atoms with Crippen LogP contribution in [0.25, 0.3) is 0 Å². The van der Waals surface area contributed by atoms with Crippen LogP contribution in [0.5, 0.6) is 0 Å². The molecule has 1 aliphatic carbocycles. The van der Waals surface area contributed by atoms with Gasteiger partial charge in [-0.1, -0.05) is 15.9 Å². The van der Waals surface area contributed by atoms with Gasteiger partial charge in [-0.05, 0) is 67.8 Å². The van der Waals surface area contributed by atoms with E-state index in [0.717, 1.165) is 14.9 Å². The average Bonchev–Trinajstić information content (AvgIpc) is 3.04. The zero-order valence-electron chi connectivity index (χ0n) is 18.1. The number of esters is 1. The summed E-state index contributed by atoms with van der Waals surface area (Å²) >= 11 is 15.8. The summed E-state index contributed by atoms with van der Waals surface area (Å²) in [4.78, 5) is 51.3. The highest BCUT2D eigenvalue weighted by Crippen LogP contribution is 2.43. The predicted octanol–water partition coefficient (Wildman–Crippen LogP) is 4.67. The first-order valence-electron chi connectivity index (χ1n) is 10.6. The number of imide groups is 1. The second-order valence-corrected chi connectivity index (χ2v) is 10.3. The fourth-order valence-corrected chi connectivity index (χ4v) is 5.07. The Hall–Kier alpha value is -2.42. The molecule has 7 nitrogen and oxygen atoms in total. The Morgan fingerprint density at radius 1 is 1.03 bits per heavy atom. The average molecular weight is 568 g/mol. The molecule has 0 radical (unpaired) electrons. The number of carbonyl (C=O) groups excluding carboxylic acids is 4. The van der Waals surface area contributed by atoms with Crippen molar-refractivity contribution in [1.82, 2.24) is 0 Å². The van der Waals surface area contributed by atoms with Gasteiger partial charge in [0.05, 0.1) is 33.8 Å². The number of aryl methyl sites for hydroxylation is 1. The number of benzene rings is 2. The summed E-state index contributed by atoms with van der Waals surface area (Å²) in [6, 6.07) is 11.2. The summed E-state index contributed by atoms with van der Waals surface area (Å²) in [5.41, 5.74) is 2.09. The van der Waals surface area contributed by atoms with Crippen LogP contribution in [0.4, 0.5) is 11.4 Å². The SMILES string of the molecule is Cc1cc(NC(=O)COC(=O)c2ccc(N3C(=O)[C@H]4C[C@H](Cl)[C@@H](Cl)C[C@H]4C3=O)cc2)ccc1Br. The maximum absolute atomic E-state index is 12.9. The van der Waals surface area contributed by atoms with Crippen LogP contribution in [0.2, 0.25) is 0 Å². The van der Waals surface area contributed by atoms with Gasteiger partial charge in [-0.15, -0.1) is 23.2 Å². The molecule has 2 fully saturated rings. The Morgan fingerprint density at radius 3 is 2.18 bits per heavy atom. The maximum atomic E-state index is 12.9. The summed E-state index contributed by atoms with van der Waals surface area (Å²) in [5, 5.41) is 1.95. The summed E-state index contributed by atoms with van der Waals surface area (Å²) in [6.07, 6.45) is 0.710. The number of carbonyl (C=O) groups is 4. The first-order chi connectivity index (χ1) is 16.2. The Morgan fingerprint density at radius 2 is 1.62 bits per heavy atom. The van der Waals surface area contributed by atoms with Crippen molar-refractivity contribution in [3.05, 3.63) is 58.1 Å². The zero-order chi connectivity index (χ0) is 24.6. The van der Waals surface area contributed by atoms with Crippen LogP contribution in [-0.4, -0.2) is 41.1 Å². The van der Waals surface area contributed by atoms with Crippen LogP contribution in [0.15, 0.2) is 46.9 Å². The molecule has 1 aliphatic heterocycles. The van der Waals surface area contributed by atoms with Crippen LogP contribution in [0.1, 0.15) is 28.8 Å². The molecule has 4 rings (SSSR count). The minimum absolute atomic E-state index is 0.189. The number of ether oxygens (including phenoxy) is 1. The van der Waals surface area contributed by atoms with Gasteiger partial charge in [0.15, 0.2) is 6.61 Å². The minimum atomic E-state index is -0.698. The number of hydrogen-bond donors (Lipinski definition) is 1. The van der Waals surface area contributed by atoms with Crippen LogP contribution in [0.3, 0.4) is 0 Å². The Labute approximate surface area is 214 Å². The standard InChI is InChI=1S/C24H21BrCl2N2O5/c1-12-8-14(4-7-18(12)25)28-21(30)11-34-24(33)13-2-5-15(6-3-13)29-22(31)16-9-19(26)20(27)10-17(16)23(29)32/h2-8,16-17,19-20H,9-11H2,1H3,(H,28,30)/t16-,17+,19-,20-/m0/s1. The second-order valence-electron chi connectivity index (χ2n) is 8.36. The third-order valence-corrected chi connectivity index (χ3v) is 8.03. The molecule has 1 saturated carbocycles. The number of fused-ring (bicyclic) bond motifs is 1. The fourth-order valence-electron chi connectivity index (χ4n) is 4.23. The molecule has 1 saturated heterocycles. The van der Waals surface area contributed by atoms with Crippen LogP contribution < -0.4 is 10.2 Å². The number of hydrogen-bond acceptors (Lipinski definition) is 5. The molecule has 2 aromatic rings. The number of rotatable bonds is 5. The van der Waals surface area contributed by atoms with E-state index in [9.17, 15) is 19.2 Å². The van der Waals surface area contributed by atoms with Crippen molar-refractivity contribution >= 4 is 74.2 Å². The summed E-state index contributed by atoms with van der Waals surface area (Å²) in [6.45, 7) is 1.44. The van der Waals surface area contributed by atoms with Gasteiger partial charge in [0, 0.05) is 10.2 Å². The Bertz CT molecular complexity index is 1130. The van der Waals surface area contributed by atoms with E-state index in [1.807, 2.05) is 13.0 Å². The van der Waals surface area contributed by atoms with Crippen LogP contribution in [-0.2, 0) is 19.1 Å². The molecule has 34 heavy (non-hydrogen) atoms. The van der Waals surface area contributed by atoms with Crippen molar-refractivity contribution in [2.75, 3.05) is 16.8 Å². The Balaban J connectivity index is 1.36. The van der Waals surface area contributed by atoms with Gasteiger partial charge in [0.25, 0.3) is 5.91 Å². The molecule has 0 spiro atoms. The maximum Gasteiger partial charge on any atom is 0.338 e. The number of alkyl halides is 2. The lowest BCUT2D eigenvalue weighted by atomic mass is 9.80. The van der Waals surface area contributed by atoms with E-state index in [-0.39, 0.29) is 28.1 Å². The molecule has 2 aliphatic rings. The van der Waals surface area contributed by atoms with E-state index in [2.05, 4.69) is 21.2 Å². The van der Waals surface area contributed by atoms with E-state index in [1.54, 1.807) is 12.1 Å². The first-order valence-corrected chi connectivity index (χ1v) is 12.3. The van der Waals surface area contributed by atoms with Gasteiger partial charge in [-0.2, -0.15) is 0 Å². The van der Waals surface area contributed by atoms with Crippen molar-refractivity contribution in [3.8, 4) is 0 Å². The topological polar surface area (TPSA) is 92.8 Å². The molecule has 1 heterocycles. The molecule has 0 bridgehead atoms. The first kappa shape index (κ1) is 24.7. The number of nitrogens with one attached hydrogen (secondary N) is 1. The van der Waals surface area contributed by atoms with Gasteiger partial charge in [0.2, 0.25) is 11.8 Å². The van der Waals surface area contributed by atoms with Crippen molar-refractivity contribution in [1.29, 1.82) is 0 Å². The smallest absolute Gasteiger partial charge is 0.338 e. The third kappa shape index (κ3) is 4.99. The normalized spacial score (nSPS) is 24.1. The number of halogens is 3. The summed E-state index contributed by atoms with van der Waals surface area (Å²) in [5.74, 6) is -2.75. The van der Waals surface area contributed by atoms with Crippen LogP contribution >= 0.6 is 39.1 Å². The molecule has 0 aromatic heterocycles. The highest BCUT2D eigenvalue weighted by Gasteiger charge is 2.52. The van der Waals surface area contributed by atoms with Crippen molar-refractivity contribution < 1.29 is 23.9 Å². The van der Waals surface area contributed by atoms with Gasteiger partial charge in [-0.3, -0.25) is 19.3 Å². The van der Waals surface area contributed by atoms with Crippen molar-refractivity contribution in [2.45, 2.75) is 30.5 Å². The van der Waals surface area contributed by atoms with E-state index in [4.69, 9.17) is 27.9 Å². The molecule has 1 N–H and O–H groups in total. The van der Waals surface area contributed by atoms with Crippen molar-refractivity contribution in [3.63, 3.8) is 0 Å². The molecule has 10 heteroatoms. The molecule has 178 valence electrons. The van der Waals surface area contributed by atoms with E-state index in [0.29, 0.717) is 24.2 Å². The molecule has 4 atom stereocenters. The van der Waals surface area contributed by atoms with Crippen LogP contribution in [0, 0.1) is 18.8 Å². The lowest BCUT2D eigenvalue weighted by Gasteiger charge is -2.28. The largest absolute Gasteiger partial charge is 0.452 e. The predicted molar refractivity (Wildman–Crippen MR) is 132 cm³/mol. The molecule has 2 aromatic carbocycles. The molecular formula is C24H21BrCl2N2O5. The molecule has 3 amide bonds. The van der Waals surface area contributed by atoms with Gasteiger partial charge in [-0.25, -0.2) is 4.79 Å². The molecule has 0 unspecified atom stereocenters. The van der Waals surface area contributed by atoms with Crippen molar-refractivity contribution in [2.24, 2.45) is 11.8 Å². The number of anilines is 2. The highest BCUT2D eigenvalue weighted by atomic mass is 79.9. The summed E-state index contributed by atoms with van der Waals surface area (Å²) < 4.78 is 6.01. The second kappa shape index (κ2) is 10.1. The highest BCUT2D eigenvalue weighted by molar-refractivity contribution is 9.10. The molecular weight excluding hydrogens is 547 g/mol. The monoisotopic (exact) mass is 566 g/mol. The van der Waals surface area contributed by atoms with E-state index < -0.39 is 30.3 Å². The van der Waals surface area contributed by atoms with E-state index >= 15 is 0 Å². The minimum Gasteiger partial charge on any atom is -0.452 e. The van der Waals surface area contributed by atoms with Gasteiger partial charge < -0.3 is 10.1 Å². The lowest BCUT2D eigenvalue weighted by molar-refractivity contribution is -0.122. The fraction of sp³-hybridized carbons (Fsp3) is 0.333. The third-order valence-electron chi connectivity index (χ3n) is 6.05.